The number of piperazine rings is 2. The van der Waals surface area contributed by atoms with Crippen molar-refractivity contribution in [3.05, 3.63) is 35.9 Å². The highest BCUT2D eigenvalue weighted by Crippen LogP contribution is 2.14. The van der Waals surface area contributed by atoms with Crippen LogP contribution in [0.3, 0.4) is 0 Å². The molecule has 0 spiro atoms. The van der Waals surface area contributed by atoms with Gasteiger partial charge in [0.15, 0.2) is 0 Å². The molecule has 2 aliphatic rings. The summed E-state index contributed by atoms with van der Waals surface area (Å²) in [6.07, 6.45) is 6.07. The summed E-state index contributed by atoms with van der Waals surface area (Å²) in [6.45, 7) is 6.70. The van der Waals surface area contributed by atoms with Gasteiger partial charge in [-0.2, -0.15) is 0 Å². The van der Waals surface area contributed by atoms with E-state index in [1.165, 1.54) is 12.4 Å². The van der Waals surface area contributed by atoms with Crippen molar-refractivity contribution in [1.82, 2.24) is 35.1 Å². The van der Waals surface area contributed by atoms with E-state index in [1.807, 2.05) is 14.7 Å². The molecule has 2 amide bonds. The first-order valence-corrected chi connectivity index (χ1v) is 12.2. The first-order valence-electron chi connectivity index (χ1n) is 12.2. The van der Waals surface area contributed by atoms with Gasteiger partial charge in [-0.25, -0.2) is 29.5 Å². The van der Waals surface area contributed by atoms with Crippen molar-refractivity contribution >= 4 is 29.9 Å². The minimum absolute atomic E-state index is 0.0724. The number of hydrogen-bond acceptors (Lipinski definition) is 10. The number of carbonyl (C=O) groups excluding carboxylic acids is 1. The molecule has 2 aliphatic heterocycles. The number of carbonyl (C=O) groups is 3. The van der Waals surface area contributed by atoms with Crippen LogP contribution in [-0.4, -0.2) is 117 Å². The molecule has 4 heterocycles. The fourth-order valence-electron chi connectivity index (χ4n) is 4.31. The first kappa shape index (κ1) is 26.0. The predicted octanol–water partition coefficient (Wildman–Crippen LogP) is -0.0166. The molecule has 14 nitrogen and oxygen atoms in total. The Bertz CT molecular complexity index is 1070. The highest BCUT2D eigenvalue weighted by molar-refractivity contribution is 5.86. The molecular weight excluding hydrogens is 482 g/mol. The van der Waals surface area contributed by atoms with Crippen LogP contribution in [0.15, 0.2) is 24.8 Å². The third-order valence-corrected chi connectivity index (χ3v) is 6.46. The maximum Gasteiger partial charge on any atom is 0.404 e. The molecule has 2 aromatic heterocycles. The van der Waals surface area contributed by atoms with Gasteiger partial charge in [-0.3, -0.25) is 9.69 Å². The van der Waals surface area contributed by atoms with E-state index in [0.717, 1.165) is 39.1 Å². The molecule has 0 bridgehead atoms. The number of carboxylic acid groups (broad SMARTS) is 2. The molecule has 2 aromatic rings. The molecule has 37 heavy (non-hydrogen) atoms. The molecule has 3 N–H and O–H groups in total. The maximum atomic E-state index is 12.7. The van der Waals surface area contributed by atoms with Gasteiger partial charge in [0.25, 0.3) is 0 Å². The van der Waals surface area contributed by atoms with Crippen LogP contribution in [0.1, 0.15) is 28.8 Å². The molecule has 0 atom stereocenters. The zero-order valence-electron chi connectivity index (χ0n) is 20.5. The Morgan fingerprint density at radius 1 is 0.784 bits per heavy atom. The smallest absolute Gasteiger partial charge is 0.404 e. The minimum Gasteiger partial charge on any atom is -0.478 e. The topological polar surface area (TPSA) is 168 Å². The van der Waals surface area contributed by atoms with Crippen LogP contribution >= 0.6 is 0 Å². The highest BCUT2D eigenvalue weighted by Gasteiger charge is 2.23. The van der Waals surface area contributed by atoms with E-state index in [2.05, 4.69) is 30.2 Å². The standard InChI is InChI=1S/C23H31N9O5/c33-19(30-8-10-32(11-9-30)21-24-12-17(13-25-21)14-28-23(36)37)2-1-3-29-4-6-31(7-5-29)22-26-15-18(16-27-22)20(34)35/h12-13,15-16,28H,1-11,14H2,(H,34,35)(H,36,37). The second-order valence-corrected chi connectivity index (χ2v) is 8.93. The Kier molecular flexibility index (Phi) is 8.61. The van der Waals surface area contributed by atoms with Gasteiger partial charge in [0, 0.05) is 95.7 Å². The lowest BCUT2D eigenvalue weighted by Gasteiger charge is -2.36. The summed E-state index contributed by atoms with van der Waals surface area (Å²) in [7, 11) is 0. The lowest BCUT2D eigenvalue weighted by molar-refractivity contribution is -0.131. The number of hydrogen-bond donors (Lipinski definition) is 3. The Morgan fingerprint density at radius 3 is 1.86 bits per heavy atom. The lowest BCUT2D eigenvalue weighted by atomic mass is 10.2. The van der Waals surface area contributed by atoms with E-state index >= 15 is 0 Å². The van der Waals surface area contributed by atoms with Crippen LogP contribution in [0.4, 0.5) is 16.7 Å². The molecule has 0 saturated carbocycles. The van der Waals surface area contributed by atoms with E-state index in [0.29, 0.717) is 50.1 Å². The fraction of sp³-hybridized carbons (Fsp3) is 0.522. The summed E-state index contributed by atoms with van der Waals surface area (Å²) in [5.41, 5.74) is 0.757. The number of rotatable bonds is 9. The molecule has 4 rings (SSSR count). The van der Waals surface area contributed by atoms with E-state index in [9.17, 15) is 14.4 Å². The highest BCUT2D eigenvalue weighted by atomic mass is 16.4. The molecule has 2 saturated heterocycles. The van der Waals surface area contributed by atoms with E-state index < -0.39 is 12.1 Å². The SMILES string of the molecule is O=C(O)NCc1cnc(N2CCN(C(=O)CCCN3CCN(c4ncc(C(=O)O)cn4)CC3)CC2)nc1. The molecule has 2 fully saturated rings. The third kappa shape index (κ3) is 7.22. The molecule has 198 valence electrons. The molecule has 0 aromatic carbocycles. The van der Waals surface area contributed by atoms with Crippen LogP contribution in [0.2, 0.25) is 0 Å². The predicted molar refractivity (Wildman–Crippen MR) is 133 cm³/mol. The van der Waals surface area contributed by atoms with Gasteiger partial charge in [-0.15, -0.1) is 0 Å². The Hall–Kier alpha value is -4.07. The van der Waals surface area contributed by atoms with Crippen LogP contribution in [0.25, 0.3) is 0 Å². The average Bonchev–Trinajstić information content (AvgIpc) is 2.92. The normalized spacial score (nSPS) is 16.5. The molecule has 0 unspecified atom stereocenters. The van der Waals surface area contributed by atoms with E-state index in [-0.39, 0.29) is 18.0 Å². The van der Waals surface area contributed by atoms with Gasteiger partial charge in [0.2, 0.25) is 17.8 Å². The monoisotopic (exact) mass is 513 g/mol. The van der Waals surface area contributed by atoms with Crippen LogP contribution in [0.5, 0.6) is 0 Å². The third-order valence-electron chi connectivity index (χ3n) is 6.46. The number of anilines is 2. The quantitative estimate of drug-likeness (QED) is 0.410. The number of nitrogens with zero attached hydrogens (tertiary/aromatic N) is 8. The van der Waals surface area contributed by atoms with Crippen molar-refractivity contribution in [3.63, 3.8) is 0 Å². The Morgan fingerprint density at radius 2 is 1.32 bits per heavy atom. The average molecular weight is 514 g/mol. The first-order chi connectivity index (χ1) is 17.9. The number of aromatic carboxylic acids is 1. The van der Waals surface area contributed by atoms with Crippen molar-refractivity contribution in [3.8, 4) is 0 Å². The molecular formula is C23H31N9O5. The summed E-state index contributed by atoms with van der Waals surface area (Å²) < 4.78 is 0. The molecule has 0 aliphatic carbocycles. The summed E-state index contributed by atoms with van der Waals surface area (Å²) in [5, 5.41) is 19.9. The van der Waals surface area contributed by atoms with Crippen molar-refractivity contribution in [1.29, 1.82) is 0 Å². The van der Waals surface area contributed by atoms with Crippen molar-refractivity contribution in [2.75, 3.05) is 68.7 Å². The van der Waals surface area contributed by atoms with Gasteiger partial charge in [-0.1, -0.05) is 0 Å². The number of carboxylic acids is 1. The van der Waals surface area contributed by atoms with Crippen molar-refractivity contribution in [2.24, 2.45) is 0 Å². The lowest BCUT2D eigenvalue weighted by Crippen LogP contribution is -2.49. The van der Waals surface area contributed by atoms with E-state index in [1.54, 1.807) is 12.4 Å². The van der Waals surface area contributed by atoms with Gasteiger partial charge in [-0.05, 0) is 13.0 Å². The van der Waals surface area contributed by atoms with E-state index in [4.69, 9.17) is 10.2 Å². The van der Waals surface area contributed by atoms with Crippen LogP contribution < -0.4 is 15.1 Å². The second kappa shape index (κ2) is 12.3. The summed E-state index contributed by atoms with van der Waals surface area (Å²) in [6, 6.07) is 0. The molecule has 14 heteroatoms. The minimum atomic E-state index is -1.09. The van der Waals surface area contributed by atoms with Crippen molar-refractivity contribution < 1.29 is 24.6 Å². The molecule has 0 radical (unpaired) electrons. The van der Waals surface area contributed by atoms with Gasteiger partial charge in [0.05, 0.1) is 5.56 Å². The Balaban J connectivity index is 1.12. The summed E-state index contributed by atoms with van der Waals surface area (Å²) in [5.74, 6) is 0.228. The number of nitrogens with one attached hydrogen (secondary N) is 1. The van der Waals surface area contributed by atoms with Gasteiger partial charge in [0.1, 0.15) is 0 Å². The van der Waals surface area contributed by atoms with Gasteiger partial charge < -0.3 is 30.2 Å². The summed E-state index contributed by atoms with van der Waals surface area (Å²) >= 11 is 0. The zero-order chi connectivity index (χ0) is 26.2. The van der Waals surface area contributed by atoms with Crippen LogP contribution in [0, 0.1) is 0 Å². The zero-order valence-corrected chi connectivity index (χ0v) is 20.5. The van der Waals surface area contributed by atoms with Crippen LogP contribution in [-0.2, 0) is 11.3 Å². The second-order valence-electron chi connectivity index (χ2n) is 8.93. The van der Waals surface area contributed by atoms with Crippen molar-refractivity contribution in [2.45, 2.75) is 19.4 Å². The number of aromatic nitrogens is 4. The Labute approximate surface area is 213 Å². The van der Waals surface area contributed by atoms with Gasteiger partial charge >= 0.3 is 12.1 Å². The fourth-order valence-corrected chi connectivity index (χ4v) is 4.31. The largest absolute Gasteiger partial charge is 0.478 e. The number of amides is 2. The summed E-state index contributed by atoms with van der Waals surface area (Å²) in [4.78, 5) is 59.5. The maximum absolute atomic E-state index is 12.7.